The van der Waals surface area contributed by atoms with E-state index in [9.17, 15) is 52.7 Å². The number of rotatable bonds is 7. The molecule has 0 amide bonds. The molecule has 0 N–H and O–H groups in total. The summed E-state index contributed by atoms with van der Waals surface area (Å²) in [4.78, 5) is 4.28. The number of hydrogen-bond donors (Lipinski definition) is 0. The number of halogens is 20. The summed E-state index contributed by atoms with van der Waals surface area (Å²) in [6.07, 6.45) is -1.41. The summed E-state index contributed by atoms with van der Waals surface area (Å²) >= 11 is 0. The maximum absolute atomic E-state index is 15.4. The van der Waals surface area contributed by atoms with Crippen molar-refractivity contribution in [1.29, 1.82) is 0 Å². The molecule has 0 aliphatic rings. The summed E-state index contributed by atoms with van der Waals surface area (Å²) in [5.74, 6) is -71.4. The lowest BCUT2D eigenvalue weighted by molar-refractivity contribution is -0.678. The molecule has 2 nitrogen and oxygen atoms in total. The van der Waals surface area contributed by atoms with Gasteiger partial charge in [0.1, 0.15) is 52.7 Å². The molecule has 0 radical (unpaired) electrons. The van der Waals surface area contributed by atoms with E-state index in [2.05, 4.69) is 65.0 Å². The number of aryl methyl sites for hydroxylation is 1. The van der Waals surface area contributed by atoms with Crippen LogP contribution in [0.4, 0.5) is 87.8 Å². The Labute approximate surface area is 350 Å². The predicted molar refractivity (Wildman–Crippen MR) is 189 cm³/mol. The molecule has 0 aliphatic carbocycles. The molecule has 7 aromatic rings. The van der Waals surface area contributed by atoms with Gasteiger partial charge in [0.25, 0.3) is 0 Å². The lowest BCUT2D eigenvalue weighted by atomic mass is 9.12. The van der Waals surface area contributed by atoms with Crippen LogP contribution >= 0.6 is 0 Å². The summed E-state index contributed by atoms with van der Waals surface area (Å²) < 4.78 is 296. The van der Waals surface area contributed by atoms with Crippen LogP contribution in [0.3, 0.4) is 0 Å². The van der Waals surface area contributed by atoms with Crippen molar-refractivity contribution in [2.24, 2.45) is 0 Å². The second-order valence-corrected chi connectivity index (χ2v) is 13.7. The molecule has 338 valence electrons. The molecule has 0 bridgehead atoms. The van der Waals surface area contributed by atoms with E-state index in [-0.39, 0.29) is 0 Å². The zero-order valence-corrected chi connectivity index (χ0v) is 31.7. The van der Waals surface area contributed by atoms with Gasteiger partial charge < -0.3 is 0 Å². The summed E-state index contributed by atoms with van der Waals surface area (Å²) in [6, 6.07) is 18.9. The van der Waals surface area contributed by atoms with Crippen LogP contribution < -0.4 is 26.4 Å². The predicted octanol–water partition coefficient (Wildman–Crippen LogP) is 9.24. The van der Waals surface area contributed by atoms with Crippen molar-refractivity contribution >= 4 is 28.0 Å². The van der Waals surface area contributed by atoms with Crippen molar-refractivity contribution in [3.8, 4) is 11.3 Å². The first-order chi connectivity index (χ1) is 30.5. The quantitative estimate of drug-likeness (QED) is 0.0513. The molecular formula is C42H17BF20N2. The third-order valence-electron chi connectivity index (χ3n) is 10.2. The van der Waals surface area contributed by atoms with Crippen molar-refractivity contribution in [2.45, 2.75) is 13.5 Å². The van der Waals surface area contributed by atoms with Crippen molar-refractivity contribution in [3.05, 3.63) is 201 Å². The van der Waals surface area contributed by atoms with Crippen LogP contribution in [-0.2, 0) is 6.54 Å². The standard InChI is InChI=1S/C24BF20.C18H17N2/c26-5-1(6(27)14(35)21(42)13(5)34)25(2-7(28)15(36)22(43)16(37)8(2)29,3-9(30)17(38)23(44)18(39)10(3)31)4-11(32)19(40)24(45)20(41)12(4)33;1-15-7-5-6-10-17(15)18-13-19-11-12-20(18)14-16-8-3-2-4-9-16/h;2-13H,14H2,1H3/q-1;+1. The Morgan fingerprint density at radius 1 is 0.385 bits per heavy atom. The minimum atomic E-state index is -7.22. The van der Waals surface area contributed by atoms with Crippen LogP contribution in [0.5, 0.6) is 0 Å². The Balaban J connectivity index is 0.000000289. The van der Waals surface area contributed by atoms with E-state index in [1.54, 1.807) is 0 Å². The molecule has 1 aromatic heterocycles. The van der Waals surface area contributed by atoms with Crippen LogP contribution in [0, 0.1) is 123 Å². The molecule has 0 unspecified atom stereocenters. The Morgan fingerprint density at radius 2 is 0.677 bits per heavy atom. The zero-order valence-electron chi connectivity index (χ0n) is 31.7. The van der Waals surface area contributed by atoms with Crippen molar-refractivity contribution in [1.82, 2.24) is 4.98 Å². The highest BCUT2D eigenvalue weighted by Gasteiger charge is 2.52. The monoisotopic (exact) mass is 940 g/mol. The molecule has 0 atom stereocenters. The molecule has 23 heteroatoms. The van der Waals surface area contributed by atoms with Gasteiger partial charge in [-0.15, -0.1) is 21.9 Å². The highest BCUT2D eigenvalue weighted by Crippen LogP contribution is 2.31. The first-order valence-electron chi connectivity index (χ1n) is 17.7. The maximum Gasteiger partial charge on any atom is 0.231 e. The Morgan fingerprint density at radius 3 is 1.00 bits per heavy atom. The topological polar surface area (TPSA) is 16.8 Å². The van der Waals surface area contributed by atoms with E-state index in [0.717, 1.165) is 12.2 Å². The zero-order chi connectivity index (χ0) is 48.1. The van der Waals surface area contributed by atoms with Gasteiger partial charge in [0.2, 0.25) is 5.69 Å². The fraction of sp³-hybridized carbons (Fsp3) is 0.0476. The van der Waals surface area contributed by atoms with Crippen LogP contribution in [0.15, 0.2) is 73.2 Å². The summed E-state index contributed by atoms with van der Waals surface area (Å²) in [5, 5.41) is 0. The third kappa shape index (κ3) is 7.58. The maximum atomic E-state index is 15.4. The normalized spacial score (nSPS) is 11.5. The first-order valence-corrected chi connectivity index (χ1v) is 17.7. The molecule has 7 rings (SSSR count). The van der Waals surface area contributed by atoms with Gasteiger partial charge in [0.15, 0.2) is 82.5 Å². The smallest absolute Gasteiger partial charge is 0.231 e. The summed E-state index contributed by atoms with van der Waals surface area (Å²) in [5.41, 5.74) is -9.39. The minimum Gasteiger partial charge on any atom is -0.252 e. The van der Waals surface area contributed by atoms with E-state index < -0.39 is 144 Å². The van der Waals surface area contributed by atoms with Crippen LogP contribution in [0.1, 0.15) is 11.1 Å². The first kappa shape index (κ1) is 47.5. The molecule has 65 heavy (non-hydrogen) atoms. The molecule has 0 fully saturated rings. The number of aromatic nitrogens is 2. The lowest BCUT2D eigenvalue weighted by Gasteiger charge is -2.44. The van der Waals surface area contributed by atoms with Crippen LogP contribution in [0.2, 0.25) is 0 Å². The van der Waals surface area contributed by atoms with Gasteiger partial charge in [-0.05, 0) is 18.6 Å². The Kier molecular flexibility index (Phi) is 13.1. The SMILES string of the molecule is Cc1ccccc1-c1cncc[n+]1Cc1ccccc1.Fc1c(F)c(F)c([B-](c2c(F)c(F)c(F)c(F)c2F)(c2c(F)c(F)c(F)c(F)c2F)c2c(F)c(F)c(F)c(F)c2F)c(F)c1F. The lowest BCUT2D eigenvalue weighted by Crippen LogP contribution is -2.81. The Bertz CT molecular complexity index is 2660. The second kappa shape index (κ2) is 17.9. The van der Waals surface area contributed by atoms with Gasteiger partial charge >= 0.3 is 0 Å². The van der Waals surface area contributed by atoms with Crippen LogP contribution in [0.25, 0.3) is 11.3 Å². The number of hydrogen-bond acceptors (Lipinski definition) is 1. The van der Waals surface area contributed by atoms with Gasteiger partial charge in [-0.3, -0.25) is 4.98 Å². The molecular weight excluding hydrogens is 923 g/mol. The number of nitrogens with zero attached hydrogens (tertiary/aromatic N) is 2. The van der Waals surface area contributed by atoms with E-state index in [1.165, 1.54) is 16.7 Å². The molecule has 1 heterocycles. The number of benzene rings is 6. The van der Waals surface area contributed by atoms with Gasteiger partial charge in [-0.2, -0.15) is 4.57 Å². The molecule has 6 aromatic carbocycles. The van der Waals surface area contributed by atoms with Crippen molar-refractivity contribution in [2.75, 3.05) is 0 Å². The van der Waals surface area contributed by atoms with Gasteiger partial charge in [-0.25, -0.2) is 87.8 Å². The molecule has 0 saturated heterocycles. The van der Waals surface area contributed by atoms with E-state index in [1.807, 2.05) is 24.7 Å². The highest BCUT2D eigenvalue weighted by atomic mass is 19.2. The third-order valence-corrected chi connectivity index (χ3v) is 10.2. The molecule has 0 aliphatic heterocycles. The van der Waals surface area contributed by atoms with Crippen LogP contribution in [-0.4, -0.2) is 11.1 Å². The minimum absolute atomic E-state index is 0.854. The van der Waals surface area contributed by atoms with E-state index in [4.69, 9.17) is 0 Å². The molecule has 0 saturated carbocycles. The summed E-state index contributed by atoms with van der Waals surface area (Å²) in [7, 11) is 0. The van der Waals surface area contributed by atoms with Crippen molar-refractivity contribution < 1.29 is 92.4 Å². The average molecular weight is 940 g/mol. The molecule has 0 spiro atoms. The van der Waals surface area contributed by atoms with Gasteiger partial charge in [-0.1, -0.05) is 48.5 Å². The second-order valence-electron chi connectivity index (χ2n) is 13.7. The van der Waals surface area contributed by atoms with E-state index in [0.29, 0.717) is 0 Å². The van der Waals surface area contributed by atoms with E-state index >= 15 is 35.1 Å². The largest absolute Gasteiger partial charge is 0.252 e. The average Bonchev–Trinajstić information content (AvgIpc) is 3.30. The van der Waals surface area contributed by atoms with Gasteiger partial charge in [0, 0.05) is 5.56 Å². The van der Waals surface area contributed by atoms with Gasteiger partial charge in [0.05, 0.1) is 18.0 Å². The Hall–Kier alpha value is -6.94. The summed E-state index contributed by atoms with van der Waals surface area (Å²) in [6.45, 7) is 2.99. The fourth-order valence-electron chi connectivity index (χ4n) is 7.26. The van der Waals surface area contributed by atoms with Crippen molar-refractivity contribution in [3.63, 3.8) is 0 Å². The highest BCUT2D eigenvalue weighted by molar-refractivity contribution is 7.20. The fourth-order valence-corrected chi connectivity index (χ4v) is 7.26.